The summed E-state index contributed by atoms with van der Waals surface area (Å²) in [5.41, 5.74) is 0. The Balaban J connectivity index is 3.35. The number of hydrogen-bond acceptors (Lipinski definition) is 2. The number of carboxylic acids is 1. The fourth-order valence-corrected chi connectivity index (χ4v) is 2.10. The molecule has 0 amide bonds. The van der Waals surface area contributed by atoms with Crippen molar-refractivity contribution in [3.05, 3.63) is 0 Å². The summed E-state index contributed by atoms with van der Waals surface area (Å²) in [6.07, 6.45) is 10.3. The smallest absolute Gasteiger partial charge is 0.119 e. The topological polar surface area (TPSA) is 40.1 Å². The fraction of sp³-hybridized carbons (Fsp3) is 0.929. The van der Waals surface area contributed by atoms with Crippen molar-refractivity contribution in [3.63, 3.8) is 0 Å². The lowest BCUT2D eigenvalue weighted by Gasteiger charge is -2.30. The molecule has 3 nitrogen and oxygen atoms in total. The standard InChI is InChI=1S/C14H29NO2/c1-4-5-6-7-8-9-10-11-12-15(2,3)13-14(16)17/h4-13H2,1-3H3. The van der Waals surface area contributed by atoms with Crippen molar-refractivity contribution < 1.29 is 14.4 Å². The molecule has 3 heteroatoms. The molecular weight excluding hydrogens is 214 g/mol. The molecule has 102 valence electrons. The minimum atomic E-state index is -0.949. The zero-order valence-electron chi connectivity index (χ0n) is 11.8. The zero-order chi connectivity index (χ0) is 13.1. The SMILES string of the molecule is CCCCCCCCCC[N+](C)(C)CC(=O)[O-]. The second-order valence-corrected chi connectivity index (χ2v) is 5.66. The molecule has 0 aromatic rings. The van der Waals surface area contributed by atoms with Crippen molar-refractivity contribution in [2.75, 3.05) is 27.2 Å². The van der Waals surface area contributed by atoms with Gasteiger partial charge in [-0.25, -0.2) is 0 Å². The second kappa shape index (κ2) is 9.46. The van der Waals surface area contributed by atoms with Gasteiger partial charge in [0.15, 0.2) is 0 Å². The summed E-state index contributed by atoms with van der Waals surface area (Å²) in [5, 5.41) is 10.5. The number of aliphatic carboxylic acids is 1. The van der Waals surface area contributed by atoms with Crippen LogP contribution in [0.2, 0.25) is 0 Å². The number of unbranched alkanes of at least 4 members (excludes halogenated alkanes) is 7. The molecule has 0 radical (unpaired) electrons. The number of quaternary nitrogens is 1. The fourth-order valence-electron chi connectivity index (χ4n) is 2.10. The van der Waals surface area contributed by atoms with Crippen molar-refractivity contribution in [2.24, 2.45) is 0 Å². The maximum atomic E-state index is 10.5. The number of carbonyl (C=O) groups excluding carboxylic acids is 1. The molecule has 0 heterocycles. The summed E-state index contributed by atoms with van der Waals surface area (Å²) in [5.74, 6) is -0.949. The Hall–Kier alpha value is -0.570. The molecule has 0 aromatic heterocycles. The molecular formula is C14H29NO2. The first-order valence-electron chi connectivity index (χ1n) is 7.00. The van der Waals surface area contributed by atoms with Gasteiger partial charge >= 0.3 is 0 Å². The van der Waals surface area contributed by atoms with Crippen molar-refractivity contribution in [2.45, 2.75) is 58.3 Å². The van der Waals surface area contributed by atoms with E-state index in [9.17, 15) is 9.90 Å². The van der Waals surface area contributed by atoms with Crippen molar-refractivity contribution in [3.8, 4) is 0 Å². The molecule has 0 atom stereocenters. The molecule has 0 rings (SSSR count). The number of carboxylic acid groups (broad SMARTS) is 1. The van der Waals surface area contributed by atoms with Crippen LogP contribution in [0.4, 0.5) is 0 Å². The second-order valence-electron chi connectivity index (χ2n) is 5.66. The Kier molecular flexibility index (Phi) is 9.14. The highest BCUT2D eigenvalue weighted by Gasteiger charge is 2.13. The van der Waals surface area contributed by atoms with Crippen molar-refractivity contribution in [1.29, 1.82) is 0 Å². The van der Waals surface area contributed by atoms with Gasteiger partial charge in [0.05, 0.1) is 26.6 Å². The van der Waals surface area contributed by atoms with Gasteiger partial charge in [0.25, 0.3) is 0 Å². The number of likely N-dealkylation sites (N-methyl/N-ethyl adjacent to an activating group) is 1. The van der Waals surface area contributed by atoms with Crippen LogP contribution in [0.1, 0.15) is 58.3 Å². The van der Waals surface area contributed by atoms with Gasteiger partial charge in [0.1, 0.15) is 6.54 Å². The summed E-state index contributed by atoms with van der Waals surface area (Å²) < 4.78 is 0.540. The highest BCUT2D eigenvalue weighted by molar-refractivity contribution is 5.65. The maximum Gasteiger partial charge on any atom is 0.119 e. The van der Waals surface area contributed by atoms with Gasteiger partial charge in [0.2, 0.25) is 0 Å². The van der Waals surface area contributed by atoms with Gasteiger partial charge in [0, 0.05) is 0 Å². The van der Waals surface area contributed by atoms with Crippen LogP contribution in [0.5, 0.6) is 0 Å². The summed E-state index contributed by atoms with van der Waals surface area (Å²) in [6.45, 7) is 3.29. The van der Waals surface area contributed by atoms with Crippen LogP contribution in [0.3, 0.4) is 0 Å². The zero-order valence-corrected chi connectivity index (χ0v) is 11.8. The van der Waals surface area contributed by atoms with Crippen LogP contribution in [0.25, 0.3) is 0 Å². The molecule has 0 aliphatic heterocycles. The molecule has 0 saturated heterocycles. The molecule has 0 N–H and O–H groups in total. The maximum absolute atomic E-state index is 10.5. The Morgan fingerprint density at radius 2 is 1.41 bits per heavy atom. The van der Waals surface area contributed by atoms with E-state index in [4.69, 9.17) is 0 Å². The van der Waals surface area contributed by atoms with Crippen LogP contribution in [0, 0.1) is 0 Å². The number of carbonyl (C=O) groups is 1. The summed E-state index contributed by atoms with van der Waals surface area (Å²) in [7, 11) is 3.91. The third-order valence-corrected chi connectivity index (χ3v) is 3.17. The van der Waals surface area contributed by atoms with E-state index in [2.05, 4.69) is 6.92 Å². The molecule has 0 aliphatic carbocycles. The minimum absolute atomic E-state index is 0.122. The molecule has 17 heavy (non-hydrogen) atoms. The van der Waals surface area contributed by atoms with E-state index < -0.39 is 5.97 Å². The third kappa shape index (κ3) is 11.7. The van der Waals surface area contributed by atoms with E-state index >= 15 is 0 Å². The molecule has 0 fully saturated rings. The van der Waals surface area contributed by atoms with E-state index in [-0.39, 0.29) is 6.54 Å². The molecule has 0 spiro atoms. The van der Waals surface area contributed by atoms with Crippen LogP contribution >= 0.6 is 0 Å². The quantitative estimate of drug-likeness (QED) is 0.411. The first-order chi connectivity index (χ1) is 7.98. The molecule has 0 aliphatic rings. The Morgan fingerprint density at radius 1 is 0.941 bits per heavy atom. The first kappa shape index (κ1) is 16.4. The summed E-state index contributed by atoms with van der Waals surface area (Å²) in [4.78, 5) is 10.5. The average molecular weight is 243 g/mol. The summed E-state index contributed by atoms with van der Waals surface area (Å²) in [6, 6.07) is 0. The molecule has 0 bridgehead atoms. The monoisotopic (exact) mass is 243 g/mol. The predicted octanol–water partition coefficient (Wildman–Crippen LogP) is 1.95. The average Bonchev–Trinajstić information content (AvgIpc) is 2.20. The number of rotatable bonds is 11. The third-order valence-electron chi connectivity index (χ3n) is 3.17. The van der Waals surface area contributed by atoms with Gasteiger partial charge in [-0.1, -0.05) is 45.4 Å². The van der Waals surface area contributed by atoms with E-state index in [1.54, 1.807) is 0 Å². The lowest BCUT2D eigenvalue weighted by Crippen LogP contribution is -2.48. The minimum Gasteiger partial charge on any atom is -0.544 e. The van der Waals surface area contributed by atoms with Gasteiger partial charge in [-0.15, -0.1) is 0 Å². The lowest BCUT2D eigenvalue weighted by atomic mass is 10.1. The van der Waals surface area contributed by atoms with Crippen molar-refractivity contribution in [1.82, 2.24) is 0 Å². The van der Waals surface area contributed by atoms with Crippen LogP contribution in [-0.4, -0.2) is 37.6 Å². The largest absolute Gasteiger partial charge is 0.544 e. The van der Waals surface area contributed by atoms with Gasteiger partial charge in [-0.2, -0.15) is 0 Å². The predicted molar refractivity (Wildman–Crippen MR) is 69.5 cm³/mol. The van der Waals surface area contributed by atoms with Gasteiger partial charge < -0.3 is 14.4 Å². The normalized spacial score (nSPS) is 11.7. The van der Waals surface area contributed by atoms with Crippen LogP contribution < -0.4 is 5.11 Å². The Morgan fingerprint density at radius 3 is 1.88 bits per heavy atom. The highest BCUT2D eigenvalue weighted by atomic mass is 16.4. The molecule has 0 unspecified atom stereocenters. The highest BCUT2D eigenvalue weighted by Crippen LogP contribution is 2.09. The van der Waals surface area contributed by atoms with Gasteiger partial charge in [-0.3, -0.25) is 0 Å². The van der Waals surface area contributed by atoms with Crippen LogP contribution in [-0.2, 0) is 4.79 Å². The van der Waals surface area contributed by atoms with E-state index in [0.29, 0.717) is 4.48 Å². The van der Waals surface area contributed by atoms with E-state index in [1.165, 1.54) is 44.9 Å². The molecule has 0 saturated carbocycles. The van der Waals surface area contributed by atoms with E-state index in [1.807, 2.05) is 14.1 Å². The number of hydrogen-bond donors (Lipinski definition) is 0. The number of nitrogens with zero attached hydrogens (tertiary/aromatic N) is 1. The lowest BCUT2D eigenvalue weighted by molar-refractivity contribution is -0.885. The van der Waals surface area contributed by atoms with Crippen molar-refractivity contribution >= 4 is 5.97 Å². The van der Waals surface area contributed by atoms with Gasteiger partial charge in [-0.05, 0) is 12.8 Å². The van der Waals surface area contributed by atoms with Crippen LogP contribution in [0.15, 0.2) is 0 Å². The first-order valence-corrected chi connectivity index (χ1v) is 7.00. The molecule has 0 aromatic carbocycles. The Bertz CT molecular complexity index is 202. The summed E-state index contributed by atoms with van der Waals surface area (Å²) >= 11 is 0. The Labute approximate surface area is 106 Å². The van der Waals surface area contributed by atoms with E-state index in [0.717, 1.165) is 13.0 Å².